The van der Waals surface area contributed by atoms with Gasteiger partial charge in [0.05, 0.1) is 6.54 Å². The second-order valence-electron chi connectivity index (χ2n) is 6.60. The molecule has 0 saturated carbocycles. The summed E-state index contributed by atoms with van der Waals surface area (Å²) in [6.45, 7) is 2.61. The first-order valence-electron chi connectivity index (χ1n) is 8.66. The number of nitrogens with one attached hydrogen (secondary N) is 1. The second kappa shape index (κ2) is 9.93. The maximum atomic E-state index is 12.2. The third kappa shape index (κ3) is 5.71. The van der Waals surface area contributed by atoms with Gasteiger partial charge in [-0.25, -0.2) is 0 Å². The Hall–Kier alpha value is -1.59. The van der Waals surface area contributed by atoms with Gasteiger partial charge in [0.1, 0.15) is 0 Å². The van der Waals surface area contributed by atoms with Gasteiger partial charge in [-0.1, -0.05) is 54.1 Å². The van der Waals surface area contributed by atoms with Gasteiger partial charge in [-0.2, -0.15) is 0 Å². The normalized spacial score (nSPS) is 19.8. The summed E-state index contributed by atoms with van der Waals surface area (Å²) in [6.07, 6.45) is 0.801. The van der Waals surface area contributed by atoms with Gasteiger partial charge < -0.3 is 11.1 Å². The molecular weight excluding hydrogens is 369 g/mol. The molecular formula is C20H25Cl2N3O. The number of likely N-dealkylation sites (tertiary alicyclic amines) is 1. The summed E-state index contributed by atoms with van der Waals surface area (Å²) in [5.41, 5.74) is 8.70. The lowest BCUT2D eigenvalue weighted by molar-refractivity contribution is -0.122. The highest BCUT2D eigenvalue weighted by atomic mass is 35.5. The van der Waals surface area contributed by atoms with E-state index in [0.717, 1.165) is 30.1 Å². The minimum absolute atomic E-state index is 0. The monoisotopic (exact) mass is 393 g/mol. The molecule has 2 aromatic carbocycles. The molecule has 0 spiro atoms. The number of halogens is 2. The van der Waals surface area contributed by atoms with Crippen LogP contribution in [-0.2, 0) is 11.2 Å². The Morgan fingerprint density at radius 3 is 2.50 bits per heavy atom. The van der Waals surface area contributed by atoms with Crippen molar-refractivity contribution in [2.75, 3.05) is 26.2 Å². The summed E-state index contributed by atoms with van der Waals surface area (Å²) in [4.78, 5) is 14.3. The molecule has 1 aliphatic rings. The molecule has 0 aromatic heterocycles. The number of hydrogen-bond donors (Lipinski definition) is 2. The van der Waals surface area contributed by atoms with Crippen LogP contribution in [0, 0.1) is 0 Å². The van der Waals surface area contributed by atoms with Gasteiger partial charge in [0.2, 0.25) is 5.91 Å². The van der Waals surface area contributed by atoms with E-state index in [9.17, 15) is 4.79 Å². The van der Waals surface area contributed by atoms with E-state index in [0.29, 0.717) is 19.0 Å². The molecule has 0 radical (unpaired) electrons. The average molecular weight is 394 g/mol. The second-order valence-corrected chi connectivity index (χ2v) is 7.04. The molecule has 0 bridgehead atoms. The maximum Gasteiger partial charge on any atom is 0.234 e. The molecule has 1 fully saturated rings. The molecule has 1 aliphatic heterocycles. The predicted octanol–water partition coefficient (Wildman–Crippen LogP) is 2.85. The van der Waals surface area contributed by atoms with Crippen molar-refractivity contribution in [2.24, 2.45) is 5.73 Å². The Balaban J connectivity index is 0.00000243. The van der Waals surface area contributed by atoms with Crippen molar-refractivity contribution >= 4 is 29.9 Å². The van der Waals surface area contributed by atoms with Gasteiger partial charge in [0.25, 0.3) is 0 Å². The van der Waals surface area contributed by atoms with E-state index in [-0.39, 0.29) is 24.4 Å². The Bertz CT molecular complexity index is 694. The van der Waals surface area contributed by atoms with E-state index in [1.165, 1.54) is 5.56 Å². The summed E-state index contributed by atoms with van der Waals surface area (Å²) in [5.74, 6) is 0.345. The van der Waals surface area contributed by atoms with Crippen LogP contribution >= 0.6 is 24.0 Å². The first-order valence-corrected chi connectivity index (χ1v) is 9.03. The molecule has 4 nitrogen and oxygen atoms in total. The zero-order valence-electron chi connectivity index (χ0n) is 14.6. The minimum atomic E-state index is 0. The molecule has 0 aliphatic carbocycles. The first kappa shape index (κ1) is 20.7. The van der Waals surface area contributed by atoms with Crippen LogP contribution in [0.15, 0.2) is 54.6 Å². The summed E-state index contributed by atoms with van der Waals surface area (Å²) in [7, 11) is 0. The van der Waals surface area contributed by atoms with Crippen molar-refractivity contribution in [3.63, 3.8) is 0 Å². The smallest absolute Gasteiger partial charge is 0.234 e. The number of benzene rings is 2. The average Bonchev–Trinajstić information content (AvgIpc) is 2.97. The molecule has 2 atom stereocenters. The SMILES string of the molecule is Cl.N[C@@H]1CN(CC(=O)NCCc2ccc(Cl)cc2)C[C@H]1c1ccccc1. The standard InChI is InChI=1S/C20H24ClN3O.ClH/c21-17-8-6-15(7-9-17)10-11-23-20(25)14-24-12-18(19(22)13-24)16-4-2-1-3-5-16;/h1-9,18-19H,10-14,22H2,(H,23,25);1H/t18-,19+;/m0./s1. The lowest BCUT2D eigenvalue weighted by Crippen LogP contribution is -2.38. The van der Waals surface area contributed by atoms with Gasteiger partial charge in [0.15, 0.2) is 0 Å². The van der Waals surface area contributed by atoms with Crippen molar-refractivity contribution < 1.29 is 4.79 Å². The van der Waals surface area contributed by atoms with E-state index in [1.54, 1.807) is 0 Å². The van der Waals surface area contributed by atoms with E-state index < -0.39 is 0 Å². The number of carbonyl (C=O) groups is 1. The highest BCUT2D eigenvalue weighted by Gasteiger charge is 2.31. The summed E-state index contributed by atoms with van der Waals surface area (Å²) in [5, 5.41) is 3.72. The fourth-order valence-electron chi connectivity index (χ4n) is 3.35. The van der Waals surface area contributed by atoms with Crippen molar-refractivity contribution in [1.82, 2.24) is 10.2 Å². The molecule has 26 heavy (non-hydrogen) atoms. The summed E-state index contributed by atoms with van der Waals surface area (Å²) in [6, 6.07) is 18.1. The zero-order chi connectivity index (χ0) is 17.6. The number of carbonyl (C=O) groups excluding carboxylic acids is 1. The van der Waals surface area contributed by atoms with Crippen LogP contribution < -0.4 is 11.1 Å². The van der Waals surface area contributed by atoms with Crippen LogP contribution in [0.4, 0.5) is 0 Å². The number of nitrogens with zero attached hydrogens (tertiary/aromatic N) is 1. The van der Waals surface area contributed by atoms with Gasteiger partial charge in [-0.05, 0) is 29.7 Å². The zero-order valence-corrected chi connectivity index (χ0v) is 16.2. The lowest BCUT2D eigenvalue weighted by Gasteiger charge is -2.16. The number of nitrogens with two attached hydrogens (primary N) is 1. The van der Waals surface area contributed by atoms with Gasteiger partial charge in [-0.3, -0.25) is 9.69 Å². The molecule has 6 heteroatoms. The molecule has 1 heterocycles. The largest absolute Gasteiger partial charge is 0.355 e. The number of rotatable bonds is 6. The fraction of sp³-hybridized carbons (Fsp3) is 0.350. The van der Waals surface area contributed by atoms with Crippen LogP contribution in [0.1, 0.15) is 17.0 Å². The Kier molecular flexibility index (Phi) is 7.91. The molecule has 1 saturated heterocycles. The van der Waals surface area contributed by atoms with Crippen molar-refractivity contribution in [1.29, 1.82) is 0 Å². The topological polar surface area (TPSA) is 58.4 Å². The molecule has 0 unspecified atom stereocenters. The molecule has 2 aromatic rings. The molecule has 140 valence electrons. The highest BCUT2D eigenvalue weighted by Crippen LogP contribution is 2.25. The summed E-state index contributed by atoms with van der Waals surface area (Å²) >= 11 is 5.87. The molecule has 1 amide bonds. The predicted molar refractivity (Wildman–Crippen MR) is 109 cm³/mol. The quantitative estimate of drug-likeness (QED) is 0.792. The molecule has 3 N–H and O–H groups in total. The Morgan fingerprint density at radius 1 is 1.12 bits per heavy atom. The lowest BCUT2D eigenvalue weighted by atomic mass is 9.95. The van der Waals surface area contributed by atoms with E-state index in [2.05, 4.69) is 22.3 Å². The van der Waals surface area contributed by atoms with Crippen molar-refractivity contribution in [2.45, 2.75) is 18.4 Å². The van der Waals surface area contributed by atoms with Crippen LogP contribution in [0.25, 0.3) is 0 Å². The summed E-state index contributed by atoms with van der Waals surface area (Å²) < 4.78 is 0. The third-order valence-corrected chi connectivity index (χ3v) is 4.94. The third-order valence-electron chi connectivity index (χ3n) is 4.68. The number of hydrogen-bond acceptors (Lipinski definition) is 3. The van der Waals surface area contributed by atoms with Crippen molar-refractivity contribution in [3.8, 4) is 0 Å². The fourth-order valence-corrected chi connectivity index (χ4v) is 3.48. The first-order chi connectivity index (χ1) is 12.1. The van der Waals surface area contributed by atoms with Crippen LogP contribution in [0.3, 0.4) is 0 Å². The van der Waals surface area contributed by atoms with Crippen molar-refractivity contribution in [3.05, 3.63) is 70.7 Å². The Morgan fingerprint density at radius 2 is 1.81 bits per heavy atom. The van der Waals surface area contributed by atoms with Crippen LogP contribution in [-0.4, -0.2) is 43.0 Å². The van der Waals surface area contributed by atoms with Gasteiger partial charge in [-0.15, -0.1) is 12.4 Å². The van der Waals surface area contributed by atoms with Crippen LogP contribution in [0.5, 0.6) is 0 Å². The van der Waals surface area contributed by atoms with Gasteiger partial charge in [0, 0.05) is 36.6 Å². The minimum Gasteiger partial charge on any atom is -0.355 e. The maximum absolute atomic E-state index is 12.2. The molecule has 3 rings (SSSR count). The van der Waals surface area contributed by atoms with E-state index in [1.807, 2.05) is 42.5 Å². The number of amides is 1. The highest BCUT2D eigenvalue weighted by molar-refractivity contribution is 6.30. The van der Waals surface area contributed by atoms with Gasteiger partial charge >= 0.3 is 0 Å². The van der Waals surface area contributed by atoms with Crippen LogP contribution in [0.2, 0.25) is 5.02 Å². The van der Waals surface area contributed by atoms with E-state index >= 15 is 0 Å². The van der Waals surface area contributed by atoms with E-state index in [4.69, 9.17) is 17.3 Å². The Labute approximate surface area is 166 Å².